The number of nitrogen functional groups attached to an aromatic ring is 1. The van der Waals surface area contributed by atoms with Gasteiger partial charge in [-0.05, 0) is 18.5 Å². The smallest absolute Gasteiger partial charge is 0.191 e. The van der Waals surface area contributed by atoms with E-state index < -0.39 is 0 Å². The van der Waals surface area contributed by atoms with Crippen molar-refractivity contribution >= 4 is 41.0 Å². The third-order valence-electron chi connectivity index (χ3n) is 1.93. The van der Waals surface area contributed by atoms with Gasteiger partial charge in [0, 0.05) is 7.05 Å². The van der Waals surface area contributed by atoms with Gasteiger partial charge in [0.25, 0.3) is 0 Å². The van der Waals surface area contributed by atoms with Crippen LogP contribution >= 0.6 is 24.0 Å². The van der Waals surface area contributed by atoms with Crippen LogP contribution in [0.3, 0.4) is 0 Å². The summed E-state index contributed by atoms with van der Waals surface area (Å²) in [5, 5.41) is 0.652. The molecule has 2 rings (SSSR count). The Bertz CT molecular complexity index is 541. The lowest BCUT2D eigenvalue weighted by Crippen LogP contribution is -1.98. The second-order valence-electron chi connectivity index (χ2n) is 2.78. The Morgan fingerprint density at radius 3 is 2.86 bits per heavy atom. The normalized spacial score (nSPS) is 11.0. The molecule has 3 N–H and O–H groups in total. The van der Waals surface area contributed by atoms with Crippen molar-refractivity contribution in [3.63, 3.8) is 0 Å². The third-order valence-corrected chi connectivity index (χ3v) is 2.86. The maximum absolute atomic E-state index is 5.76. The summed E-state index contributed by atoms with van der Waals surface area (Å²) in [6.45, 7) is 0. The molecule has 0 saturated heterocycles. The first-order chi connectivity index (χ1) is 6.63. The highest BCUT2D eigenvalue weighted by Crippen LogP contribution is 2.19. The Morgan fingerprint density at radius 1 is 1.50 bits per heavy atom. The number of nitrogens with one attached hydrogen (secondary N) is 1. The average molecular weight is 227 g/mol. The maximum atomic E-state index is 5.76. The predicted octanol–water partition coefficient (Wildman–Crippen LogP) is 1.33. The minimum absolute atomic E-state index is 0.436. The number of H-pyrrole nitrogens is 1. The van der Waals surface area contributed by atoms with Crippen molar-refractivity contribution in [2.24, 2.45) is 7.05 Å². The van der Waals surface area contributed by atoms with E-state index in [1.165, 1.54) is 11.8 Å². The number of nitrogens with zero attached hydrogens (tertiary/aromatic N) is 3. The number of aromatic amines is 1. The Balaban J connectivity index is 2.90. The summed E-state index contributed by atoms with van der Waals surface area (Å²) in [5.74, 6) is 0.436. The fraction of sp³-hybridized carbons (Fsp3) is 0.286. The lowest BCUT2D eigenvalue weighted by molar-refractivity contribution is 0.889. The molecule has 0 aliphatic carbocycles. The van der Waals surface area contributed by atoms with Gasteiger partial charge in [-0.1, -0.05) is 11.8 Å². The highest BCUT2D eigenvalue weighted by Gasteiger charge is 2.08. The van der Waals surface area contributed by atoms with E-state index in [1.54, 1.807) is 4.57 Å². The number of thioether (sulfide) groups is 1. The van der Waals surface area contributed by atoms with Gasteiger partial charge in [-0.3, -0.25) is 0 Å². The maximum Gasteiger partial charge on any atom is 0.191 e. The van der Waals surface area contributed by atoms with Crippen molar-refractivity contribution < 1.29 is 0 Å². The summed E-state index contributed by atoms with van der Waals surface area (Å²) in [6.07, 6.45) is 1.90. The van der Waals surface area contributed by atoms with E-state index in [-0.39, 0.29) is 0 Å². The van der Waals surface area contributed by atoms with E-state index in [9.17, 15) is 0 Å². The zero-order valence-electron chi connectivity index (χ0n) is 7.74. The van der Waals surface area contributed by atoms with E-state index >= 15 is 0 Å². The van der Waals surface area contributed by atoms with Crippen LogP contribution in [0.15, 0.2) is 5.16 Å². The number of aromatic nitrogens is 4. The largest absolute Gasteiger partial charge is 0.382 e. The van der Waals surface area contributed by atoms with Crippen LogP contribution in [0.25, 0.3) is 11.2 Å². The van der Waals surface area contributed by atoms with Crippen LogP contribution in [0.5, 0.6) is 0 Å². The molecule has 14 heavy (non-hydrogen) atoms. The average Bonchev–Trinajstić information content (AvgIpc) is 2.45. The van der Waals surface area contributed by atoms with E-state index in [4.69, 9.17) is 18.0 Å². The Labute approximate surface area is 89.7 Å². The predicted molar refractivity (Wildman–Crippen MR) is 59.9 cm³/mol. The van der Waals surface area contributed by atoms with Gasteiger partial charge in [0.15, 0.2) is 21.4 Å². The summed E-state index contributed by atoms with van der Waals surface area (Å²) in [5.41, 5.74) is 7.21. The van der Waals surface area contributed by atoms with Crippen LogP contribution in [0.2, 0.25) is 0 Å². The molecule has 0 amide bonds. The second-order valence-corrected chi connectivity index (χ2v) is 3.94. The summed E-state index contributed by atoms with van der Waals surface area (Å²) in [6, 6.07) is 0. The standard InChI is InChI=1S/C7H9N5S2/c1-12-5-3(9-7(12)13)4(8)10-6(11-5)14-2/h1-2H3,(H,9,13)(H2,8,10,11). The molecule has 0 saturated carbocycles. The molecule has 0 unspecified atom stereocenters. The first-order valence-corrected chi connectivity index (χ1v) is 5.53. The first kappa shape index (κ1) is 9.47. The molecule has 5 nitrogen and oxygen atoms in total. The number of anilines is 1. The van der Waals surface area contributed by atoms with Crippen LogP contribution in [0.4, 0.5) is 5.82 Å². The van der Waals surface area contributed by atoms with E-state index in [0.29, 0.717) is 21.3 Å². The Kier molecular flexibility index (Phi) is 2.20. The molecule has 0 bridgehead atoms. The Hall–Kier alpha value is -1.08. The molecular weight excluding hydrogens is 218 g/mol. The van der Waals surface area contributed by atoms with Gasteiger partial charge in [0.05, 0.1) is 0 Å². The number of aryl methyl sites for hydroxylation is 1. The van der Waals surface area contributed by atoms with E-state index in [0.717, 1.165) is 5.65 Å². The molecule has 0 fully saturated rings. The molecule has 2 aromatic rings. The van der Waals surface area contributed by atoms with Crippen LogP contribution in [-0.4, -0.2) is 25.8 Å². The zero-order valence-corrected chi connectivity index (χ0v) is 9.37. The summed E-state index contributed by atoms with van der Waals surface area (Å²) < 4.78 is 2.38. The topological polar surface area (TPSA) is 72.5 Å². The van der Waals surface area contributed by atoms with Gasteiger partial charge in [0.1, 0.15) is 5.52 Å². The summed E-state index contributed by atoms with van der Waals surface area (Å²) in [4.78, 5) is 11.4. The minimum atomic E-state index is 0.436. The number of rotatable bonds is 1. The minimum Gasteiger partial charge on any atom is -0.382 e. The molecule has 2 heterocycles. The van der Waals surface area contributed by atoms with Crippen LogP contribution in [0.1, 0.15) is 0 Å². The molecule has 7 heteroatoms. The van der Waals surface area contributed by atoms with Crippen molar-refractivity contribution in [2.75, 3.05) is 12.0 Å². The molecule has 0 radical (unpaired) electrons. The van der Waals surface area contributed by atoms with Crippen molar-refractivity contribution in [3.05, 3.63) is 4.77 Å². The fourth-order valence-corrected chi connectivity index (χ4v) is 1.74. The fourth-order valence-electron chi connectivity index (χ4n) is 1.19. The van der Waals surface area contributed by atoms with E-state index in [1.807, 2.05) is 13.3 Å². The highest BCUT2D eigenvalue weighted by atomic mass is 32.2. The van der Waals surface area contributed by atoms with Crippen LogP contribution in [0, 0.1) is 4.77 Å². The number of nitrogens with two attached hydrogens (primary N) is 1. The molecule has 0 atom stereocenters. The van der Waals surface area contributed by atoms with Crippen LogP contribution in [-0.2, 0) is 7.05 Å². The van der Waals surface area contributed by atoms with Gasteiger partial charge in [-0.2, -0.15) is 0 Å². The molecule has 0 aromatic carbocycles. The van der Waals surface area contributed by atoms with Gasteiger partial charge >= 0.3 is 0 Å². The molecular formula is C7H9N5S2. The molecule has 0 aliphatic heterocycles. The van der Waals surface area contributed by atoms with E-state index in [2.05, 4.69) is 15.0 Å². The zero-order chi connectivity index (χ0) is 10.3. The SMILES string of the molecule is CSc1nc(N)c2[nH]c(=S)n(C)c2n1. The van der Waals surface area contributed by atoms with Crippen molar-refractivity contribution in [3.8, 4) is 0 Å². The van der Waals surface area contributed by atoms with Crippen LogP contribution < -0.4 is 5.73 Å². The van der Waals surface area contributed by atoms with Gasteiger partial charge in [-0.15, -0.1) is 0 Å². The lowest BCUT2D eigenvalue weighted by Gasteiger charge is -1.99. The lowest BCUT2D eigenvalue weighted by atomic mass is 10.5. The number of fused-ring (bicyclic) bond motifs is 1. The summed E-state index contributed by atoms with van der Waals surface area (Å²) in [7, 11) is 1.84. The number of hydrogen-bond acceptors (Lipinski definition) is 5. The number of imidazole rings is 1. The highest BCUT2D eigenvalue weighted by molar-refractivity contribution is 7.98. The number of hydrogen-bond donors (Lipinski definition) is 2. The molecule has 0 aliphatic rings. The quantitative estimate of drug-likeness (QED) is 0.437. The van der Waals surface area contributed by atoms with Crippen molar-refractivity contribution in [2.45, 2.75) is 5.16 Å². The summed E-state index contributed by atoms with van der Waals surface area (Å²) >= 11 is 6.52. The van der Waals surface area contributed by atoms with Crippen molar-refractivity contribution in [1.82, 2.24) is 19.5 Å². The first-order valence-electron chi connectivity index (χ1n) is 3.89. The molecule has 74 valence electrons. The second kappa shape index (κ2) is 3.25. The third kappa shape index (κ3) is 1.28. The van der Waals surface area contributed by atoms with Gasteiger partial charge in [0.2, 0.25) is 0 Å². The van der Waals surface area contributed by atoms with Gasteiger partial charge < -0.3 is 15.3 Å². The molecule has 2 aromatic heterocycles. The monoisotopic (exact) mass is 227 g/mol. The molecule has 0 spiro atoms. The Morgan fingerprint density at radius 2 is 2.21 bits per heavy atom. The van der Waals surface area contributed by atoms with Gasteiger partial charge in [-0.25, -0.2) is 9.97 Å². The van der Waals surface area contributed by atoms with Crippen molar-refractivity contribution in [1.29, 1.82) is 0 Å².